The number of benzene rings is 2. The summed E-state index contributed by atoms with van der Waals surface area (Å²) < 4.78 is 0.661. The van der Waals surface area contributed by atoms with E-state index < -0.39 is 11.4 Å². The largest absolute Gasteiger partial charge is 0.366 e. The van der Waals surface area contributed by atoms with Gasteiger partial charge >= 0.3 is 5.97 Å². The summed E-state index contributed by atoms with van der Waals surface area (Å²) in [6, 6.07) is 13.1. The quantitative estimate of drug-likeness (QED) is 0.391. The Bertz CT molecular complexity index is 1140. The van der Waals surface area contributed by atoms with Gasteiger partial charge in [-0.2, -0.15) is 0 Å². The van der Waals surface area contributed by atoms with Gasteiger partial charge in [0.2, 0.25) is 5.91 Å². The van der Waals surface area contributed by atoms with E-state index >= 15 is 0 Å². The fraction of sp³-hybridized carbons (Fsp3) is 0.423. The highest BCUT2D eigenvalue weighted by Gasteiger charge is 2.71. The maximum absolute atomic E-state index is 13.6. The average Bonchev–Trinajstić information content (AvgIpc) is 3.05. The molecule has 2 aliphatic rings. The van der Waals surface area contributed by atoms with Gasteiger partial charge in [0.25, 0.3) is 0 Å². The van der Waals surface area contributed by atoms with Gasteiger partial charge in [-0.3, -0.25) is 4.79 Å². The Morgan fingerprint density at radius 1 is 1.03 bits per heavy atom. The van der Waals surface area contributed by atoms with Crippen LogP contribution in [0, 0.1) is 30.1 Å². The second-order valence-electron chi connectivity index (χ2n) is 9.87. The van der Waals surface area contributed by atoms with Gasteiger partial charge in [0, 0.05) is 22.0 Å². The number of hydrogen-bond donors (Lipinski definition) is 1. The summed E-state index contributed by atoms with van der Waals surface area (Å²) in [5.74, 6) is -0.500. The number of carbonyl (C=O) groups is 2. The van der Waals surface area contributed by atoms with Crippen LogP contribution >= 0.6 is 15.9 Å². The van der Waals surface area contributed by atoms with Gasteiger partial charge in [-0.05, 0) is 83.4 Å². The van der Waals surface area contributed by atoms with Gasteiger partial charge in [-0.15, -0.1) is 0 Å². The van der Waals surface area contributed by atoms with Crippen LogP contribution in [0.15, 0.2) is 52.1 Å². The smallest absolute Gasteiger partial charge is 0.326 e. The highest BCUT2D eigenvalue weighted by molar-refractivity contribution is 9.10. The van der Waals surface area contributed by atoms with Crippen LogP contribution < -0.4 is 5.32 Å². The van der Waals surface area contributed by atoms with Crippen LogP contribution in [0.2, 0.25) is 0 Å². The van der Waals surface area contributed by atoms with Crippen LogP contribution in [0.5, 0.6) is 0 Å². The maximum Gasteiger partial charge on any atom is 0.366 e. The van der Waals surface area contributed by atoms with Crippen molar-refractivity contribution in [3.8, 4) is 0 Å². The lowest BCUT2D eigenvalue weighted by molar-refractivity contribution is -0.130. The summed E-state index contributed by atoms with van der Waals surface area (Å²) in [7, 11) is 0. The molecular formula is C26H29BrN2O3. The fourth-order valence-electron chi connectivity index (χ4n) is 5.36. The minimum Gasteiger partial charge on any atom is -0.326 e. The second kappa shape index (κ2) is 7.84. The Kier molecular flexibility index (Phi) is 5.56. The molecule has 0 spiro atoms. The van der Waals surface area contributed by atoms with E-state index in [1.54, 1.807) is 18.2 Å². The molecule has 1 amide bonds. The third-order valence-electron chi connectivity index (χ3n) is 8.27. The Morgan fingerprint density at radius 2 is 1.75 bits per heavy atom. The number of carbonyl (C=O) groups excluding carboxylic acids is 2. The molecular weight excluding hydrogens is 468 g/mol. The number of amides is 1. The summed E-state index contributed by atoms with van der Waals surface area (Å²) in [5, 5.41) is 7.47. The second-order valence-corrected chi connectivity index (χ2v) is 10.7. The van der Waals surface area contributed by atoms with E-state index in [2.05, 4.69) is 54.1 Å². The molecule has 2 aliphatic carbocycles. The molecule has 2 aromatic rings. The van der Waals surface area contributed by atoms with Crippen molar-refractivity contribution in [2.45, 2.75) is 53.9 Å². The molecule has 0 aliphatic heterocycles. The molecule has 0 radical (unpaired) electrons. The van der Waals surface area contributed by atoms with E-state index in [4.69, 9.17) is 4.84 Å². The van der Waals surface area contributed by atoms with Crippen molar-refractivity contribution < 1.29 is 14.4 Å². The van der Waals surface area contributed by atoms with E-state index in [-0.39, 0.29) is 16.7 Å². The number of aryl methyl sites for hydroxylation is 2. The number of oxime groups is 1. The summed E-state index contributed by atoms with van der Waals surface area (Å²) in [6.45, 7) is 10.5. The van der Waals surface area contributed by atoms with Gasteiger partial charge in [-0.1, -0.05) is 44.1 Å². The van der Waals surface area contributed by atoms with E-state index in [0.717, 1.165) is 29.8 Å². The normalized spacial score (nSPS) is 26.9. The van der Waals surface area contributed by atoms with Crippen LogP contribution in [0.1, 0.15) is 61.5 Å². The number of hydrogen-bond acceptors (Lipinski definition) is 4. The third kappa shape index (κ3) is 3.31. The first-order valence-corrected chi connectivity index (χ1v) is 11.7. The summed E-state index contributed by atoms with van der Waals surface area (Å²) in [4.78, 5) is 31.6. The molecule has 0 aromatic heterocycles. The molecule has 168 valence electrons. The molecule has 6 heteroatoms. The molecule has 32 heavy (non-hydrogen) atoms. The maximum atomic E-state index is 13.6. The Labute approximate surface area is 197 Å². The average molecular weight is 497 g/mol. The van der Waals surface area contributed by atoms with Crippen LogP contribution in [-0.4, -0.2) is 17.6 Å². The molecule has 2 atom stereocenters. The number of fused-ring (bicyclic) bond motifs is 2. The number of halogens is 1. The summed E-state index contributed by atoms with van der Waals surface area (Å²) in [5.41, 5.74) is 3.10. The zero-order valence-corrected chi connectivity index (χ0v) is 20.8. The minimum atomic E-state index is -0.598. The van der Waals surface area contributed by atoms with Crippen LogP contribution in [0.4, 0.5) is 5.69 Å². The Balaban J connectivity index is 1.60. The lowest BCUT2D eigenvalue weighted by atomic mass is 9.64. The van der Waals surface area contributed by atoms with Gasteiger partial charge in [0.05, 0.1) is 16.7 Å². The fourth-order valence-corrected chi connectivity index (χ4v) is 5.81. The molecule has 2 aromatic carbocycles. The third-order valence-corrected chi connectivity index (χ3v) is 8.96. The van der Waals surface area contributed by atoms with E-state index in [1.165, 1.54) is 5.56 Å². The predicted octanol–water partition coefficient (Wildman–Crippen LogP) is 6.43. The van der Waals surface area contributed by atoms with Crippen molar-refractivity contribution in [2.75, 3.05) is 5.32 Å². The van der Waals surface area contributed by atoms with Crippen molar-refractivity contribution >= 4 is 39.2 Å². The highest BCUT2D eigenvalue weighted by atomic mass is 79.9. The molecule has 4 rings (SSSR count). The molecule has 1 N–H and O–H groups in total. The number of anilines is 1. The molecule has 2 fully saturated rings. The lowest BCUT2D eigenvalue weighted by Crippen LogP contribution is -2.43. The molecule has 5 nitrogen and oxygen atoms in total. The van der Waals surface area contributed by atoms with Gasteiger partial charge in [0.15, 0.2) is 0 Å². The van der Waals surface area contributed by atoms with Crippen LogP contribution in [-0.2, 0) is 9.63 Å². The summed E-state index contributed by atoms with van der Waals surface area (Å²) >= 11 is 3.38. The van der Waals surface area contributed by atoms with Crippen molar-refractivity contribution in [2.24, 2.45) is 21.4 Å². The first kappa shape index (κ1) is 22.7. The highest BCUT2D eigenvalue weighted by Crippen LogP contribution is 2.71. The zero-order chi connectivity index (χ0) is 23.3. The monoisotopic (exact) mass is 496 g/mol. The molecule has 0 saturated heterocycles. The first-order valence-electron chi connectivity index (χ1n) is 10.9. The molecule has 0 heterocycles. The van der Waals surface area contributed by atoms with E-state index in [1.807, 2.05) is 31.2 Å². The molecule has 2 unspecified atom stereocenters. The minimum absolute atomic E-state index is 0.0109. The number of rotatable bonds is 4. The van der Waals surface area contributed by atoms with Crippen LogP contribution in [0.3, 0.4) is 0 Å². The number of nitrogens with zero attached hydrogens (tertiary/aromatic N) is 1. The zero-order valence-electron chi connectivity index (χ0n) is 19.2. The van der Waals surface area contributed by atoms with Gasteiger partial charge < -0.3 is 10.2 Å². The van der Waals surface area contributed by atoms with Gasteiger partial charge in [0.1, 0.15) is 0 Å². The SMILES string of the molecule is Cc1ccc(NC(=O)C23CCC(C)(C(=NOC(=O)c4ccccc4Br)C2)C3(C)C)cc1C. The van der Waals surface area contributed by atoms with Crippen LogP contribution in [0.25, 0.3) is 0 Å². The van der Waals surface area contributed by atoms with Crippen molar-refractivity contribution in [1.29, 1.82) is 0 Å². The first-order chi connectivity index (χ1) is 15.0. The van der Waals surface area contributed by atoms with Gasteiger partial charge in [-0.25, -0.2) is 4.79 Å². The van der Waals surface area contributed by atoms with E-state index in [0.29, 0.717) is 16.5 Å². The molecule has 2 bridgehead atoms. The topological polar surface area (TPSA) is 67.8 Å². The number of nitrogens with one attached hydrogen (secondary N) is 1. The Morgan fingerprint density at radius 3 is 2.44 bits per heavy atom. The van der Waals surface area contributed by atoms with E-state index in [9.17, 15) is 9.59 Å². The standard InChI is InChI=1S/C26H29BrN2O3/c1-16-10-11-18(14-17(16)2)28-23(31)26-13-12-25(5,24(26,3)4)21(15-26)29-32-22(30)19-8-6-7-9-20(19)27/h6-11,14H,12-13,15H2,1-5H3,(H,28,31). The molecule has 2 saturated carbocycles. The lowest BCUT2D eigenvalue weighted by Gasteiger charge is -2.39. The van der Waals surface area contributed by atoms with Crippen molar-refractivity contribution in [1.82, 2.24) is 0 Å². The van der Waals surface area contributed by atoms with Crippen molar-refractivity contribution in [3.63, 3.8) is 0 Å². The Hall–Kier alpha value is -2.47. The van der Waals surface area contributed by atoms with Crippen molar-refractivity contribution in [3.05, 3.63) is 63.6 Å². The summed E-state index contributed by atoms with van der Waals surface area (Å²) in [6.07, 6.45) is 2.09. The predicted molar refractivity (Wildman–Crippen MR) is 130 cm³/mol.